The van der Waals surface area contributed by atoms with E-state index in [2.05, 4.69) is 0 Å². The zero-order chi connectivity index (χ0) is 10.3. The number of hydrogen-bond donors (Lipinski definition) is 1. The molecular formula is C10H8ClNO2. The number of rotatable bonds is 0. The van der Waals surface area contributed by atoms with Gasteiger partial charge in [-0.15, -0.1) is 0 Å². The smallest absolute Gasteiger partial charge is 0.228 e. The molecule has 1 aromatic heterocycles. The highest BCUT2D eigenvalue weighted by molar-refractivity contribution is 6.36. The number of aromatic nitrogens is 1. The zero-order valence-electron chi connectivity index (χ0n) is 7.49. The van der Waals surface area contributed by atoms with Gasteiger partial charge in [-0.1, -0.05) is 17.7 Å². The number of carbonyl (C=O) groups is 1. The van der Waals surface area contributed by atoms with Crippen molar-refractivity contribution in [3.63, 3.8) is 0 Å². The van der Waals surface area contributed by atoms with Crippen LogP contribution in [0.15, 0.2) is 24.4 Å². The van der Waals surface area contributed by atoms with Crippen LogP contribution in [0.5, 0.6) is 5.75 Å². The van der Waals surface area contributed by atoms with E-state index in [1.54, 1.807) is 18.2 Å². The van der Waals surface area contributed by atoms with Crippen molar-refractivity contribution in [1.29, 1.82) is 0 Å². The van der Waals surface area contributed by atoms with Crippen molar-refractivity contribution in [2.45, 2.75) is 6.92 Å². The highest BCUT2D eigenvalue weighted by atomic mass is 35.5. The first kappa shape index (κ1) is 9.09. The molecule has 1 N–H and O–H groups in total. The summed E-state index contributed by atoms with van der Waals surface area (Å²) in [5, 5.41) is 10.5. The zero-order valence-corrected chi connectivity index (χ0v) is 8.25. The van der Waals surface area contributed by atoms with Gasteiger partial charge in [-0.2, -0.15) is 0 Å². The predicted octanol–water partition coefficient (Wildman–Crippen LogP) is 2.66. The van der Waals surface area contributed by atoms with Gasteiger partial charge in [0, 0.05) is 6.92 Å². The van der Waals surface area contributed by atoms with Gasteiger partial charge in [-0.05, 0) is 12.1 Å². The minimum atomic E-state index is -0.155. The minimum Gasteiger partial charge on any atom is -0.506 e. The van der Waals surface area contributed by atoms with Gasteiger partial charge < -0.3 is 5.11 Å². The van der Waals surface area contributed by atoms with E-state index in [1.807, 2.05) is 0 Å². The molecule has 0 saturated heterocycles. The Morgan fingerprint density at radius 2 is 2.21 bits per heavy atom. The molecule has 72 valence electrons. The number of aromatic hydroxyl groups is 1. The van der Waals surface area contributed by atoms with E-state index >= 15 is 0 Å². The van der Waals surface area contributed by atoms with Gasteiger partial charge in [-0.3, -0.25) is 9.36 Å². The maximum Gasteiger partial charge on any atom is 0.228 e. The fourth-order valence-electron chi connectivity index (χ4n) is 1.48. The number of halogens is 1. The van der Waals surface area contributed by atoms with Crippen LogP contribution >= 0.6 is 11.6 Å². The highest BCUT2D eigenvalue weighted by Gasteiger charge is 2.12. The summed E-state index contributed by atoms with van der Waals surface area (Å²) in [4.78, 5) is 11.2. The van der Waals surface area contributed by atoms with Crippen molar-refractivity contribution in [2.24, 2.45) is 0 Å². The molecule has 1 aromatic carbocycles. The second-order valence-corrected chi connectivity index (χ2v) is 3.44. The van der Waals surface area contributed by atoms with Crippen LogP contribution in [0.25, 0.3) is 10.9 Å². The molecule has 0 amide bonds. The normalized spacial score (nSPS) is 10.7. The SMILES string of the molecule is CC(=O)n1cc(O)c2c(Cl)cccc21. The topological polar surface area (TPSA) is 42.2 Å². The lowest BCUT2D eigenvalue weighted by Gasteiger charge is -1.98. The number of hydrogen-bond acceptors (Lipinski definition) is 2. The molecule has 2 aromatic rings. The van der Waals surface area contributed by atoms with E-state index < -0.39 is 0 Å². The number of nitrogens with zero attached hydrogens (tertiary/aromatic N) is 1. The van der Waals surface area contributed by atoms with E-state index in [9.17, 15) is 9.90 Å². The Morgan fingerprint density at radius 1 is 1.50 bits per heavy atom. The third-order valence-electron chi connectivity index (χ3n) is 2.10. The van der Waals surface area contributed by atoms with Crippen molar-refractivity contribution < 1.29 is 9.90 Å². The lowest BCUT2D eigenvalue weighted by atomic mass is 10.2. The third-order valence-corrected chi connectivity index (χ3v) is 2.41. The fourth-order valence-corrected chi connectivity index (χ4v) is 1.75. The molecule has 0 atom stereocenters. The summed E-state index contributed by atoms with van der Waals surface area (Å²) in [6.45, 7) is 1.43. The largest absolute Gasteiger partial charge is 0.506 e. The number of benzene rings is 1. The van der Waals surface area contributed by atoms with Crippen molar-refractivity contribution in [2.75, 3.05) is 0 Å². The molecule has 0 radical (unpaired) electrons. The van der Waals surface area contributed by atoms with Crippen LogP contribution in [0.1, 0.15) is 11.7 Å². The van der Waals surface area contributed by atoms with Crippen molar-refractivity contribution >= 4 is 28.4 Å². The van der Waals surface area contributed by atoms with Crippen LogP contribution < -0.4 is 0 Å². The van der Waals surface area contributed by atoms with Crippen molar-refractivity contribution in [1.82, 2.24) is 4.57 Å². The van der Waals surface area contributed by atoms with E-state index in [1.165, 1.54) is 17.7 Å². The summed E-state index contributed by atoms with van der Waals surface area (Å²) in [5.74, 6) is -0.127. The Morgan fingerprint density at radius 3 is 2.86 bits per heavy atom. The van der Waals surface area contributed by atoms with E-state index in [0.717, 1.165) is 0 Å². The summed E-state index contributed by atoms with van der Waals surface area (Å²) in [6.07, 6.45) is 1.37. The number of fused-ring (bicyclic) bond motifs is 1. The number of carbonyl (C=O) groups excluding carboxylic acids is 1. The molecule has 0 fully saturated rings. The molecule has 0 aliphatic rings. The van der Waals surface area contributed by atoms with Gasteiger partial charge >= 0.3 is 0 Å². The van der Waals surface area contributed by atoms with Gasteiger partial charge in [0.25, 0.3) is 0 Å². The monoisotopic (exact) mass is 209 g/mol. The van der Waals surface area contributed by atoms with Crippen LogP contribution in [0.2, 0.25) is 5.02 Å². The van der Waals surface area contributed by atoms with Gasteiger partial charge in [0.1, 0.15) is 5.75 Å². The Balaban J connectivity index is 2.91. The second kappa shape index (κ2) is 3.03. The first-order valence-corrected chi connectivity index (χ1v) is 4.48. The molecule has 0 saturated carbocycles. The van der Waals surface area contributed by atoms with E-state index in [0.29, 0.717) is 15.9 Å². The molecule has 0 spiro atoms. The molecule has 3 nitrogen and oxygen atoms in total. The molecule has 1 heterocycles. The van der Waals surface area contributed by atoms with Crippen LogP contribution in [-0.2, 0) is 0 Å². The average Bonchev–Trinajstić information content (AvgIpc) is 2.45. The van der Waals surface area contributed by atoms with E-state index in [-0.39, 0.29) is 11.7 Å². The summed E-state index contributed by atoms with van der Waals surface area (Å²) in [6, 6.07) is 5.15. The predicted molar refractivity (Wildman–Crippen MR) is 54.9 cm³/mol. The van der Waals surface area contributed by atoms with Gasteiger partial charge in [0.2, 0.25) is 5.91 Å². The maximum atomic E-state index is 11.2. The molecule has 14 heavy (non-hydrogen) atoms. The summed E-state index contributed by atoms with van der Waals surface area (Å²) in [5.41, 5.74) is 0.627. The summed E-state index contributed by atoms with van der Waals surface area (Å²) in [7, 11) is 0. The van der Waals surface area contributed by atoms with Crippen LogP contribution in [-0.4, -0.2) is 15.6 Å². The van der Waals surface area contributed by atoms with Crippen LogP contribution in [0, 0.1) is 0 Å². The Bertz CT molecular complexity index is 516. The molecule has 2 rings (SSSR count). The highest BCUT2D eigenvalue weighted by Crippen LogP contribution is 2.32. The average molecular weight is 210 g/mol. The lowest BCUT2D eigenvalue weighted by Crippen LogP contribution is -2.02. The molecule has 0 unspecified atom stereocenters. The standard InChI is InChI=1S/C10H8ClNO2/c1-6(13)12-5-9(14)10-7(11)3-2-4-8(10)12/h2-5,14H,1H3. The molecule has 0 aliphatic carbocycles. The molecule has 0 aliphatic heterocycles. The first-order valence-electron chi connectivity index (χ1n) is 4.10. The van der Waals surface area contributed by atoms with E-state index in [4.69, 9.17) is 11.6 Å². The van der Waals surface area contributed by atoms with Gasteiger partial charge in [0.15, 0.2) is 0 Å². The van der Waals surface area contributed by atoms with Crippen LogP contribution in [0.3, 0.4) is 0 Å². The molecular weight excluding hydrogens is 202 g/mol. The minimum absolute atomic E-state index is 0.0285. The van der Waals surface area contributed by atoms with Crippen molar-refractivity contribution in [3.05, 3.63) is 29.4 Å². The lowest BCUT2D eigenvalue weighted by molar-refractivity contribution is 0.0941. The summed E-state index contributed by atoms with van der Waals surface area (Å²) < 4.78 is 1.37. The first-order chi connectivity index (χ1) is 6.61. The Labute approximate surface area is 85.5 Å². The quantitative estimate of drug-likeness (QED) is 0.725. The van der Waals surface area contributed by atoms with Crippen LogP contribution in [0.4, 0.5) is 0 Å². The third kappa shape index (κ3) is 1.17. The van der Waals surface area contributed by atoms with Gasteiger partial charge in [-0.25, -0.2) is 0 Å². The molecule has 4 heteroatoms. The van der Waals surface area contributed by atoms with Crippen molar-refractivity contribution in [3.8, 4) is 5.75 Å². The molecule has 0 bridgehead atoms. The second-order valence-electron chi connectivity index (χ2n) is 3.04. The Kier molecular flexibility index (Phi) is 1.97. The maximum absolute atomic E-state index is 11.2. The Hall–Kier alpha value is -1.48. The van der Waals surface area contributed by atoms with Gasteiger partial charge in [0.05, 0.1) is 22.1 Å². The fraction of sp³-hybridized carbons (Fsp3) is 0.100. The summed E-state index contributed by atoms with van der Waals surface area (Å²) >= 11 is 5.90.